The van der Waals surface area contributed by atoms with E-state index in [4.69, 9.17) is 11.6 Å². The third kappa shape index (κ3) is 4.65. The standard InChI is InChI=1S/C19H18ClN3O2S/c1-11-3-4-12(2)15(9-11)22-17(24)10-16-18(25)23-19(26-16)21-14-7-5-13(20)6-8-14/h3-9,16H,10H2,1-2H3,(H,22,24)(H,21,23,25)/t16-/m1/s1. The van der Waals surface area contributed by atoms with E-state index in [1.165, 1.54) is 11.8 Å². The minimum absolute atomic E-state index is 0.0868. The van der Waals surface area contributed by atoms with Crippen molar-refractivity contribution in [3.63, 3.8) is 0 Å². The van der Waals surface area contributed by atoms with Crippen molar-refractivity contribution in [1.29, 1.82) is 0 Å². The number of amidine groups is 1. The van der Waals surface area contributed by atoms with E-state index in [2.05, 4.69) is 15.6 Å². The van der Waals surface area contributed by atoms with Gasteiger partial charge in [0.1, 0.15) is 5.25 Å². The van der Waals surface area contributed by atoms with E-state index in [1.807, 2.05) is 32.0 Å². The molecule has 2 amide bonds. The SMILES string of the molecule is Cc1ccc(C)c(NC(=O)C[C@H]2SC(=Nc3ccc(Cl)cc3)NC2=O)c1. The van der Waals surface area contributed by atoms with Crippen molar-refractivity contribution in [3.05, 3.63) is 58.6 Å². The maximum Gasteiger partial charge on any atom is 0.240 e. The minimum Gasteiger partial charge on any atom is -0.326 e. The number of rotatable bonds is 4. The van der Waals surface area contributed by atoms with Gasteiger partial charge in [-0.3, -0.25) is 9.59 Å². The summed E-state index contributed by atoms with van der Waals surface area (Å²) in [6.45, 7) is 3.90. The van der Waals surface area contributed by atoms with Crippen LogP contribution < -0.4 is 10.6 Å². The van der Waals surface area contributed by atoms with Crippen molar-refractivity contribution in [1.82, 2.24) is 5.32 Å². The van der Waals surface area contributed by atoms with Gasteiger partial charge in [-0.05, 0) is 55.3 Å². The lowest BCUT2D eigenvalue weighted by molar-refractivity contribution is -0.122. The van der Waals surface area contributed by atoms with Gasteiger partial charge < -0.3 is 10.6 Å². The monoisotopic (exact) mass is 387 g/mol. The highest BCUT2D eigenvalue weighted by atomic mass is 35.5. The Kier molecular flexibility index (Phi) is 5.64. The smallest absolute Gasteiger partial charge is 0.240 e. The van der Waals surface area contributed by atoms with E-state index < -0.39 is 5.25 Å². The summed E-state index contributed by atoms with van der Waals surface area (Å²) >= 11 is 7.11. The van der Waals surface area contributed by atoms with Gasteiger partial charge in [-0.15, -0.1) is 0 Å². The molecule has 1 atom stereocenters. The van der Waals surface area contributed by atoms with E-state index in [1.54, 1.807) is 24.3 Å². The Morgan fingerprint density at radius 2 is 1.96 bits per heavy atom. The molecule has 1 fully saturated rings. The van der Waals surface area contributed by atoms with Gasteiger partial charge in [-0.25, -0.2) is 4.99 Å². The molecule has 2 aromatic rings. The number of nitrogens with zero attached hydrogens (tertiary/aromatic N) is 1. The number of carbonyl (C=O) groups excluding carboxylic acids is 2. The molecule has 0 radical (unpaired) electrons. The first kappa shape index (κ1) is 18.5. The van der Waals surface area contributed by atoms with Crippen LogP contribution in [0.4, 0.5) is 11.4 Å². The van der Waals surface area contributed by atoms with Gasteiger partial charge in [0.2, 0.25) is 11.8 Å². The van der Waals surface area contributed by atoms with Crippen LogP contribution in [0, 0.1) is 13.8 Å². The topological polar surface area (TPSA) is 70.6 Å². The van der Waals surface area contributed by atoms with E-state index in [0.717, 1.165) is 16.8 Å². The molecule has 0 bridgehead atoms. The molecule has 0 aromatic heterocycles. The Labute approximate surface area is 161 Å². The molecule has 5 nitrogen and oxygen atoms in total. The van der Waals surface area contributed by atoms with Gasteiger partial charge in [-0.2, -0.15) is 0 Å². The first-order valence-electron chi connectivity index (χ1n) is 8.09. The number of anilines is 1. The summed E-state index contributed by atoms with van der Waals surface area (Å²) in [5, 5.41) is 6.22. The van der Waals surface area contributed by atoms with E-state index in [9.17, 15) is 9.59 Å². The predicted octanol–water partition coefficient (Wildman–Crippen LogP) is 4.20. The van der Waals surface area contributed by atoms with Crippen LogP contribution in [-0.4, -0.2) is 22.2 Å². The summed E-state index contributed by atoms with van der Waals surface area (Å²) in [5.74, 6) is -0.405. The minimum atomic E-state index is -0.494. The average molecular weight is 388 g/mol. The molecule has 2 aromatic carbocycles. The van der Waals surface area contributed by atoms with Gasteiger partial charge in [0.15, 0.2) is 5.17 Å². The number of hydrogen-bond acceptors (Lipinski definition) is 4. The molecule has 2 N–H and O–H groups in total. The summed E-state index contributed by atoms with van der Waals surface area (Å²) in [6.07, 6.45) is 0.0868. The normalized spacial score (nSPS) is 18.0. The molecular formula is C19H18ClN3O2S. The first-order chi connectivity index (χ1) is 12.4. The second-order valence-electron chi connectivity index (χ2n) is 6.06. The highest BCUT2D eigenvalue weighted by Gasteiger charge is 2.32. The van der Waals surface area contributed by atoms with Crippen LogP contribution in [0.2, 0.25) is 5.02 Å². The molecule has 1 aliphatic rings. The van der Waals surface area contributed by atoms with Gasteiger partial charge in [0.25, 0.3) is 0 Å². The third-order valence-electron chi connectivity index (χ3n) is 3.87. The maximum atomic E-state index is 12.3. The van der Waals surface area contributed by atoms with Crippen LogP contribution in [0.3, 0.4) is 0 Å². The van der Waals surface area contributed by atoms with Crippen molar-refractivity contribution in [2.45, 2.75) is 25.5 Å². The van der Waals surface area contributed by atoms with Gasteiger partial charge in [0.05, 0.1) is 5.69 Å². The van der Waals surface area contributed by atoms with E-state index in [-0.39, 0.29) is 18.2 Å². The molecule has 1 aliphatic heterocycles. The summed E-state index contributed by atoms with van der Waals surface area (Å²) in [6, 6.07) is 12.9. The third-order valence-corrected chi connectivity index (χ3v) is 5.21. The number of thioether (sulfide) groups is 1. The number of carbonyl (C=O) groups is 2. The molecule has 1 saturated heterocycles. The van der Waals surface area contributed by atoms with Gasteiger partial charge in [-0.1, -0.05) is 35.5 Å². The number of hydrogen-bond donors (Lipinski definition) is 2. The zero-order valence-corrected chi connectivity index (χ0v) is 15.9. The quantitative estimate of drug-likeness (QED) is 0.825. The number of halogens is 1. The number of amides is 2. The van der Waals surface area contributed by atoms with Crippen molar-refractivity contribution in [2.24, 2.45) is 4.99 Å². The molecule has 1 heterocycles. The van der Waals surface area contributed by atoms with Crippen molar-refractivity contribution < 1.29 is 9.59 Å². The van der Waals surface area contributed by atoms with Gasteiger partial charge >= 0.3 is 0 Å². The largest absolute Gasteiger partial charge is 0.326 e. The lowest BCUT2D eigenvalue weighted by atomic mass is 10.1. The molecule has 26 heavy (non-hydrogen) atoms. The van der Waals surface area contributed by atoms with E-state index >= 15 is 0 Å². The number of aryl methyl sites for hydroxylation is 2. The number of nitrogens with one attached hydrogen (secondary N) is 2. The number of aliphatic imine (C=N–C) groups is 1. The van der Waals surface area contributed by atoms with Gasteiger partial charge in [0, 0.05) is 17.1 Å². The van der Waals surface area contributed by atoms with Crippen LogP contribution in [0.1, 0.15) is 17.5 Å². The maximum absolute atomic E-state index is 12.3. The van der Waals surface area contributed by atoms with Crippen molar-refractivity contribution in [3.8, 4) is 0 Å². The Morgan fingerprint density at radius 1 is 1.23 bits per heavy atom. The van der Waals surface area contributed by atoms with Crippen LogP contribution >= 0.6 is 23.4 Å². The summed E-state index contributed by atoms with van der Waals surface area (Å²) in [4.78, 5) is 28.8. The highest BCUT2D eigenvalue weighted by molar-refractivity contribution is 8.15. The highest BCUT2D eigenvalue weighted by Crippen LogP contribution is 2.26. The Hall–Kier alpha value is -2.31. The Balaban J connectivity index is 1.63. The lowest BCUT2D eigenvalue weighted by Crippen LogP contribution is -2.28. The number of benzene rings is 2. The van der Waals surface area contributed by atoms with Crippen molar-refractivity contribution >= 4 is 51.7 Å². The molecular weight excluding hydrogens is 370 g/mol. The fraction of sp³-hybridized carbons (Fsp3) is 0.211. The molecule has 3 rings (SSSR count). The molecule has 0 aliphatic carbocycles. The summed E-state index contributed by atoms with van der Waals surface area (Å²) in [7, 11) is 0. The molecule has 7 heteroatoms. The first-order valence-corrected chi connectivity index (χ1v) is 9.35. The second kappa shape index (κ2) is 7.93. The predicted molar refractivity (Wildman–Crippen MR) is 107 cm³/mol. The zero-order valence-electron chi connectivity index (χ0n) is 14.4. The van der Waals surface area contributed by atoms with Crippen molar-refractivity contribution in [2.75, 3.05) is 5.32 Å². The Bertz CT molecular complexity index is 881. The fourth-order valence-electron chi connectivity index (χ4n) is 2.47. The van der Waals surface area contributed by atoms with Crippen LogP contribution in [0.5, 0.6) is 0 Å². The summed E-state index contributed by atoms with van der Waals surface area (Å²) < 4.78 is 0. The molecule has 0 saturated carbocycles. The fourth-order valence-corrected chi connectivity index (χ4v) is 3.58. The lowest BCUT2D eigenvalue weighted by Gasteiger charge is -2.10. The zero-order chi connectivity index (χ0) is 18.7. The average Bonchev–Trinajstić information content (AvgIpc) is 2.92. The second-order valence-corrected chi connectivity index (χ2v) is 7.69. The van der Waals surface area contributed by atoms with Crippen LogP contribution in [0.25, 0.3) is 0 Å². The Morgan fingerprint density at radius 3 is 2.69 bits per heavy atom. The molecule has 0 spiro atoms. The molecule has 134 valence electrons. The van der Waals surface area contributed by atoms with Crippen LogP contribution in [-0.2, 0) is 9.59 Å². The van der Waals surface area contributed by atoms with Crippen LogP contribution in [0.15, 0.2) is 47.5 Å². The summed E-state index contributed by atoms with van der Waals surface area (Å²) in [5.41, 5.74) is 3.51. The van der Waals surface area contributed by atoms with E-state index in [0.29, 0.717) is 15.9 Å². The molecule has 0 unspecified atom stereocenters.